The van der Waals surface area contributed by atoms with Gasteiger partial charge in [-0.05, 0) is 69.3 Å². The molecule has 3 rings (SSSR count). The Bertz CT molecular complexity index is 1350. The lowest BCUT2D eigenvalue weighted by Crippen LogP contribution is -2.14. The zero-order valence-electron chi connectivity index (χ0n) is 26.2. The average Bonchev–Trinajstić information content (AvgIpc) is 2.85. The highest BCUT2D eigenvalue weighted by molar-refractivity contribution is 5.47. The van der Waals surface area contributed by atoms with Crippen LogP contribution in [0.2, 0.25) is 0 Å². The highest BCUT2D eigenvalue weighted by atomic mass is 16.5. The van der Waals surface area contributed by atoms with Gasteiger partial charge < -0.3 is 29.9 Å². The topological polar surface area (TPSA) is 99.4 Å². The summed E-state index contributed by atoms with van der Waals surface area (Å²) < 4.78 is 12.0. The van der Waals surface area contributed by atoms with Crippen molar-refractivity contribution in [1.29, 1.82) is 0 Å². The summed E-state index contributed by atoms with van der Waals surface area (Å²) >= 11 is 0. The molecule has 0 aliphatic carbocycles. The predicted molar refractivity (Wildman–Crippen MR) is 163 cm³/mol. The van der Waals surface area contributed by atoms with Crippen molar-refractivity contribution in [3.63, 3.8) is 0 Å². The number of aliphatic hydroxyl groups excluding tert-OH is 1. The van der Waals surface area contributed by atoms with Gasteiger partial charge in [-0.3, -0.25) is 0 Å². The fourth-order valence-corrected chi connectivity index (χ4v) is 4.55. The molecule has 0 radical (unpaired) electrons. The lowest BCUT2D eigenvalue weighted by Gasteiger charge is -2.23. The van der Waals surface area contributed by atoms with Crippen LogP contribution in [0.1, 0.15) is 107 Å². The Labute approximate surface area is 245 Å². The third-order valence-electron chi connectivity index (χ3n) is 7.41. The second-order valence-corrected chi connectivity index (χ2v) is 14.0. The molecule has 0 aliphatic heterocycles. The van der Waals surface area contributed by atoms with E-state index in [1.807, 2.05) is 36.4 Å². The van der Waals surface area contributed by atoms with Gasteiger partial charge in [0.25, 0.3) is 0 Å². The first kappa shape index (κ1) is 32.5. The molecule has 0 aliphatic rings. The van der Waals surface area contributed by atoms with E-state index in [4.69, 9.17) is 9.47 Å². The average molecular weight is 565 g/mol. The second-order valence-electron chi connectivity index (χ2n) is 14.0. The number of hydrogen-bond donors (Lipinski definition) is 4. The molecule has 6 nitrogen and oxygen atoms in total. The number of benzene rings is 3. The van der Waals surface area contributed by atoms with Crippen LogP contribution in [0.15, 0.2) is 42.5 Å². The Hall–Kier alpha value is -3.06. The molecule has 0 saturated carbocycles. The Morgan fingerprint density at radius 3 is 1.22 bits per heavy atom. The van der Waals surface area contributed by atoms with Crippen LogP contribution in [-0.2, 0) is 58.8 Å². The van der Waals surface area contributed by atoms with Crippen molar-refractivity contribution in [1.82, 2.24) is 0 Å². The van der Waals surface area contributed by atoms with E-state index in [1.165, 1.54) is 0 Å². The van der Waals surface area contributed by atoms with Gasteiger partial charge in [-0.2, -0.15) is 0 Å². The standard InChI is InChI=1S/C35H48O6/c1-33(2,3)27-10-11-30(37)23(13-27)18-40-20-25-15-29(35(7,8)9)16-26(32(25)39)21-41-19-24-14-28(34(4,5)6)12-22(17-36)31(24)38/h10-16,36-39H,17-21H2,1-9H3. The van der Waals surface area contributed by atoms with E-state index in [1.54, 1.807) is 6.07 Å². The molecule has 0 saturated heterocycles. The molecule has 0 amide bonds. The van der Waals surface area contributed by atoms with Gasteiger partial charge in [0.1, 0.15) is 17.2 Å². The first-order chi connectivity index (χ1) is 18.9. The zero-order chi connectivity index (χ0) is 30.8. The number of hydrogen-bond acceptors (Lipinski definition) is 6. The lowest BCUT2D eigenvalue weighted by molar-refractivity contribution is 0.0979. The van der Waals surface area contributed by atoms with Crippen LogP contribution in [0.5, 0.6) is 17.2 Å². The van der Waals surface area contributed by atoms with Crippen LogP contribution in [0.3, 0.4) is 0 Å². The van der Waals surface area contributed by atoms with E-state index in [0.29, 0.717) is 27.8 Å². The van der Waals surface area contributed by atoms with Crippen molar-refractivity contribution in [2.75, 3.05) is 0 Å². The van der Waals surface area contributed by atoms with E-state index in [0.717, 1.165) is 16.7 Å². The molecule has 3 aromatic rings. The summed E-state index contributed by atoms with van der Waals surface area (Å²) in [6, 6.07) is 13.2. The predicted octanol–water partition coefficient (Wildman–Crippen LogP) is 7.62. The SMILES string of the molecule is CC(C)(C)c1ccc(O)c(COCc2cc(C(C)(C)C)cc(COCc3cc(C(C)(C)C)cc(CO)c3O)c2O)c1. The summed E-state index contributed by atoms with van der Waals surface area (Å²) in [5.74, 6) is 0.318. The van der Waals surface area contributed by atoms with Crippen LogP contribution < -0.4 is 0 Å². The first-order valence-corrected chi connectivity index (χ1v) is 14.2. The highest BCUT2D eigenvalue weighted by Gasteiger charge is 2.21. The van der Waals surface area contributed by atoms with E-state index >= 15 is 0 Å². The van der Waals surface area contributed by atoms with Crippen molar-refractivity contribution < 1.29 is 29.9 Å². The number of phenolic OH excluding ortho intramolecular Hbond substituents is 2. The van der Waals surface area contributed by atoms with Gasteiger partial charge in [-0.1, -0.05) is 68.4 Å². The molecular weight excluding hydrogens is 516 g/mol. The molecule has 41 heavy (non-hydrogen) atoms. The number of ether oxygens (including phenoxy) is 2. The molecule has 3 aromatic carbocycles. The monoisotopic (exact) mass is 564 g/mol. The van der Waals surface area contributed by atoms with E-state index in [2.05, 4.69) is 62.3 Å². The summed E-state index contributed by atoms with van der Waals surface area (Å²) in [6.45, 7) is 19.3. The summed E-state index contributed by atoms with van der Waals surface area (Å²) in [5.41, 5.74) is 5.77. The molecule has 0 fully saturated rings. The van der Waals surface area contributed by atoms with E-state index in [9.17, 15) is 20.4 Å². The smallest absolute Gasteiger partial charge is 0.126 e. The third-order valence-corrected chi connectivity index (χ3v) is 7.41. The lowest BCUT2D eigenvalue weighted by atomic mass is 9.84. The minimum Gasteiger partial charge on any atom is -0.508 e. The molecule has 0 atom stereocenters. The van der Waals surface area contributed by atoms with Gasteiger partial charge in [0, 0.05) is 27.8 Å². The van der Waals surface area contributed by atoms with E-state index < -0.39 is 0 Å². The molecule has 6 heteroatoms. The summed E-state index contributed by atoms with van der Waals surface area (Å²) in [4.78, 5) is 0. The van der Waals surface area contributed by atoms with Crippen LogP contribution in [0.4, 0.5) is 0 Å². The van der Waals surface area contributed by atoms with Crippen LogP contribution >= 0.6 is 0 Å². The highest BCUT2D eigenvalue weighted by Crippen LogP contribution is 2.35. The van der Waals surface area contributed by atoms with Gasteiger partial charge in [0.15, 0.2) is 0 Å². The van der Waals surface area contributed by atoms with Crippen molar-refractivity contribution in [3.05, 3.63) is 87.0 Å². The Morgan fingerprint density at radius 1 is 0.488 bits per heavy atom. The normalized spacial score (nSPS) is 12.6. The maximum atomic E-state index is 11.2. The van der Waals surface area contributed by atoms with Gasteiger partial charge in [-0.25, -0.2) is 0 Å². The van der Waals surface area contributed by atoms with Crippen LogP contribution in [0.25, 0.3) is 0 Å². The quantitative estimate of drug-likeness (QED) is 0.213. The van der Waals surface area contributed by atoms with Gasteiger partial charge in [-0.15, -0.1) is 0 Å². The van der Waals surface area contributed by atoms with E-state index in [-0.39, 0.29) is 66.5 Å². The van der Waals surface area contributed by atoms with Crippen LogP contribution in [0, 0.1) is 0 Å². The van der Waals surface area contributed by atoms with Crippen molar-refractivity contribution in [2.45, 2.75) is 112 Å². The number of aliphatic hydroxyl groups is 1. The third kappa shape index (κ3) is 8.25. The Morgan fingerprint density at radius 2 is 0.829 bits per heavy atom. The zero-order valence-corrected chi connectivity index (χ0v) is 26.2. The van der Waals surface area contributed by atoms with Crippen molar-refractivity contribution >= 4 is 0 Å². The molecule has 0 spiro atoms. The first-order valence-electron chi connectivity index (χ1n) is 14.2. The molecule has 0 aromatic heterocycles. The fraction of sp³-hybridized carbons (Fsp3) is 0.486. The summed E-state index contributed by atoms with van der Waals surface area (Å²) in [7, 11) is 0. The minimum absolute atomic E-state index is 0.0287. The second kappa shape index (κ2) is 12.4. The Kier molecular flexibility index (Phi) is 9.84. The molecule has 0 bridgehead atoms. The van der Waals surface area contributed by atoms with Gasteiger partial charge in [0.05, 0.1) is 33.0 Å². The fourth-order valence-electron chi connectivity index (χ4n) is 4.55. The maximum Gasteiger partial charge on any atom is 0.126 e. The Balaban J connectivity index is 1.81. The van der Waals surface area contributed by atoms with Gasteiger partial charge >= 0.3 is 0 Å². The number of phenols is 3. The molecule has 0 heterocycles. The molecule has 0 unspecified atom stereocenters. The molecule has 4 N–H and O–H groups in total. The van der Waals surface area contributed by atoms with Gasteiger partial charge in [0.2, 0.25) is 0 Å². The van der Waals surface area contributed by atoms with Crippen molar-refractivity contribution in [3.8, 4) is 17.2 Å². The number of aromatic hydroxyl groups is 3. The molecule has 224 valence electrons. The summed E-state index contributed by atoms with van der Waals surface area (Å²) in [6.07, 6.45) is 0. The summed E-state index contributed by atoms with van der Waals surface area (Å²) in [5, 5.41) is 42.0. The molecular formula is C35H48O6. The van der Waals surface area contributed by atoms with Crippen molar-refractivity contribution in [2.24, 2.45) is 0 Å². The largest absolute Gasteiger partial charge is 0.508 e. The number of rotatable bonds is 9. The minimum atomic E-state index is -0.265. The van der Waals surface area contributed by atoms with Crippen LogP contribution in [-0.4, -0.2) is 20.4 Å². The maximum absolute atomic E-state index is 11.2.